The molecule has 0 bridgehead atoms. The first-order valence-corrected chi connectivity index (χ1v) is 6.93. The van der Waals surface area contributed by atoms with Gasteiger partial charge in [-0.3, -0.25) is 0 Å². The van der Waals surface area contributed by atoms with Crippen LogP contribution in [0.3, 0.4) is 0 Å². The molecule has 2 aliphatic rings. The van der Waals surface area contributed by atoms with Gasteiger partial charge in [-0.2, -0.15) is 0 Å². The quantitative estimate of drug-likeness (QED) is 0.745. The predicted molar refractivity (Wildman–Crippen MR) is 71.0 cm³/mol. The van der Waals surface area contributed by atoms with Crippen LogP contribution in [-0.4, -0.2) is 12.1 Å². The zero-order valence-electron chi connectivity index (χ0n) is 9.92. The van der Waals surface area contributed by atoms with Crippen LogP contribution in [-0.2, 0) is 0 Å². The van der Waals surface area contributed by atoms with Crippen molar-refractivity contribution in [1.29, 1.82) is 0 Å². The first kappa shape index (κ1) is 11.2. The predicted octanol–water partition coefficient (Wildman–Crippen LogP) is 4.24. The van der Waals surface area contributed by atoms with Gasteiger partial charge in [-0.25, -0.2) is 0 Å². The van der Waals surface area contributed by atoms with E-state index in [4.69, 9.17) is 16.3 Å². The molecular formula is C14H18ClNO. The Labute approximate surface area is 107 Å². The van der Waals surface area contributed by atoms with Crippen LogP contribution in [0.1, 0.15) is 38.5 Å². The summed E-state index contributed by atoms with van der Waals surface area (Å²) < 4.78 is 6.11. The summed E-state index contributed by atoms with van der Waals surface area (Å²) in [6.45, 7) is 0. The van der Waals surface area contributed by atoms with Gasteiger partial charge in [0.2, 0.25) is 0 Å². The molecule has 3 rings (SSSR count). The van der Waals surface area contributed by atoms with Crippen molar-refractivity contribution in [2.45, 2.75) is 50.7 Å². The van der Waals surface area contributed by atoms with Gasteiger partial charge in [0, 0.05) is 11.1 Å². The Hall–Kier alpha value is -0.890. The van der Waals surface area contributed by atoms with E-state index in [0.717, 1.165) is 22.9 Å². The maximum Gasteiger partial charge on any atom is 0.144 e. The average molecular weight is 252 g/mol. The molecule has 1 aromatic carbocycles. The second-order valence-corrected chi connectivity index (χ2v) is 5.48. The fourth-order valence-corrected chi connectivity index (χ4v) is 2.99. The molecule has 0 spiro atoms. The van der Waals surface area contributed by atoms with E-state index in [-0.39, 0.29) is 0 Å². The second-order valence-electron chi connectivity index (χ2n) is 5.04. The number of fused-ring (bicyclic) bond motifs is 2. The Morgan fingerprint density at radius 3 is 2.82 bits per heavy atom. The molecular weight excluding hydrogens is 234 g/mol. The minimum Gasteiger partial charge on any atom is -0.486 e. The molecule has 17 heavy (non-hydrogen) atoms. The standard InChI is InChI=1S/C14H18ClNO/c15-10-7-8-12-14(9-10)17-13-6-4-2-1-3-5-11(13)16-12/h7-9,11,13,16H,1-6H2. The van der Waals surface area contributed by atoms with Gasteiger partial charge >= 0.3 is 0 Å². The van der Waals surface area contributed by atoms with Gasteiger partial charge in [-0.1, -0.05) is 30.9 Å². The molecule has 2 unspecified atom stereocenters. The summed E-state index contributed by atoms with van der Waals surface area (Å²) in [4.78, 5) is 0. The van der Waals surface area contributed by atoms with E-state index in [1.165, 1.54) is 32.1 Å². The lowest BCUT2D eigenvalue weighted by Crippen LogP contribution is -2.41. The number of anilines is 1. The SMILES string of the molecule is Clc1ccc2c(c1)OC1CCCCCCC1N2. The molecule has 0 amide bonds. The molecule has 0 saturated heterocycles. The third-order valence-electron chi connectivity index (χ3n) is 3.77. The topological polar surface area (TPSA) is 21.3 Å². The van der Waals surface area contributed by atoms with Crippen molar-refractivity contribution in [1.82, 2.24) is 0 Å². The van der Waals surface area contributed by atoms with Crippen molar-refractivity contribution < 1.29 is 4.74 Å². The molecule has 1 aliphatic carbocycles. The highest BCUT2D eigenvalue weighted by atomic mass is 35.5. The van der Waals surface area contributed by atoms with Crippen LogP contribution in [0.5, 0.6) is 5.75 Å². The number of rotatable bonds is 0. The molecule has 1 aliphatic heterocycles. The Morgan fingerprint density at radius 2 is 1.94 bits per heavy atom. The van der Waals surface area contributed by atoms with E-state index in [2.05, 4.69) is 5.32 Å². The summed E-state index contributed by atoms with van der Waals surface area (Å²) in [6, 6.07) is 6.33. The van der Waals surface area contributed by atoms with Gasteiger partial charge in [-0.05, 0) is 31.4 Å². The highest BCUT2D eigenvalue weighted by Gasteiger charge is 2.29. The van der Waals surface area contributed by atoms with E-state index in [1.54, 1.807) is 0 Å². The zero-order chi connectivity index (χ0) is 11.7. The second kappa shape index (κ2) is 4.77. The van der Waals surface area contributed by atoms with Crippen LogP contribution in [0.2, 0.25) is 5.02 Å². The van der Waals surface area contributed by atoms with Gasteiger partial charge in [0.15, 0.2) is 0 Å². The minimum absolute atomic E-state index is 0.321. The number of nitrogens with one attached hydrogen (secondary N) is 1. The molecule has 1 N–H and O–H groups in total. The van der Waals surface area contributed by atoms with E-state index in [0.29, 0.717) is 12.1 Å². The van der Waals surface area contributed by atoms with Crippen LogP contribution in [0, 0.1) is 0 Å². The van der Waals surface area contributed by atoms with Crippen molar-refractivity contribution in [3.63, 3.8) is 0 Å². The molecule has 1 heterocycles. The lowest BCUT2D eigenvalue weighted by Gasteiger charge is -2.36. The maximum atomic E-state index is 6.11. The van der Waals surface area contributed by atoms with Crippen LogP contribution in [0.25, 0.3) is 0 Å². The van der Waals surface area contributed by atoms with E-state index >= 15 is 0 Å². The number of halogens is 1. The van der Waals surface area contributed by atoms with Crippen molar-refractivity contribution in [3.8, 4) is 5.75 Å². The smallest absolute Gasteiger partial charge is 0.144 e. The van der Waals surface area contributed by atoms with Crippen molar-refractivity contribution in [3.05, 3.63) is 23.2 Å². The number of hydrogen-bond acceptors (Lipinski definition) is 2. The minimum atomic E-state index is 0.321. The molecule has 92 valence electrons. The van der Waals surface area contributed by atoms with E-state index in [9.17, 15) is 0 Å². The van der Waals surface area contributed by atoms with Crippen LogP contribution in [0.15, 0.2) is 18.2 Å². The Balaban J connectivity index is 1.84. The van der Waals surface area contributed by atoms with Gasteiger partial charge in [-0.15, -0.1) is 0 Å². The van der Waals surface area contributed by atoms with Crippen molar-refractivity contribution in [2.24, 2.45) is 0 Å². The summed E-state index contributed by atoms with van der Waals surface area (Å²) in [5.41, 5.74) is 1.09. The third-order valence-corrected chi connectivity index (χ3v) is 4.00. The fraction of sp³-hybridized carbons (Fsp3) is 0.571. The Bertz CT molecular complexity index is 407. The highest BCUT2D eigenvalue weighted by molar-refractivity contribution is 6.30. The van der Waals surface area contributed by atoms with Gasteiger partial charge in [0.05, 0.1) is 11.7 Å². The lowest BCUT2D eigenvalue weighted by molar-refractivity contribution is 0.143. The number of ether oxygens (including phenoxy) is 1. The first-order valence-electron chi connectivity index (χ1n) is 6.56. The molecule has 0 radical (unpaired) electrons. The summed E-state index contributed by atoms with van der Waals surface area (Å²) in [7, 11) is 0. The van der Waals surface area contributed by atoms with Crippen molar-refractivity contribution >= 4 is 17.3 Å². The van der Waals surface area contributed by atoms with Gasteiger partial charge in [0.25, 0.3) is 0 Å². The van der Waals surface area contributed by atoms with Crippen molar-refractivity contribution in [2.75, 3.05) is 5.32 Å². The van der Waals surface area contributed by atoms with Crippen LogP contribution < -0.4 is 10.1 Å². The van der Waals surface area contributed by atoms with Crippen LogP contribution >= 0.6 is 11.6 Å². The third kappa shape index (κ3) is 2.37. The highest BCUT2D eigenvalue weighted by Crippen LogP contribution is 2.36. The fourth-order valence-electron chi connectivity index (χ4n) is 2.83. The van der Waals surface area contributed by atoms with Gasteiger partial charge in [0.1, 0.15) is 11.9 Å². The Kier molecular flexibility index (Phi) is 3.15. The summed E-state index contributed by atoms with van der Waals surface area (Å²) in [5.74, 6) is 0.916. The molecule has 0 aromatic heterocycles. The average Bonchev–Trinajstić information content (AvgIpc) is 2.29. The zero-order valence-corrected chi connectivity index (χ0v) is 10.7. The largest absolute Gasteiger partial charge is 0.486 e. The van der Waals surface area contributed by atoms with E-state index in [1.807, 2.05) is 18.2 Å². The van der Waals surface area contributed by atoms with Crippen LogP contribution in [0.4, 0.5) is 5.69 Å². The van der Waals surface area contributed by atoms with Gasteiger partial charge < -0.3 is 10.1 Å². The van der Waals surface area contributed by atoms with E-state index < -0.39 is 0 Å². The normalized spacial score (nSPS) is 27.8. The first-order chi connectivity index (χ1) is 8.33. The number of benzene rings is 1. The Morgan fingerprint density at radius 1 is 1.12 bits per heavy atom. The molecule has 3 heteroatoms. The molecule has 1 fully saturated rings. The maximum absolute atomic E-state index is 6.11. The lowest BCUT2D eigenvalue weighted by atomic mass is 9.93. The number of hydrogen-bond donors (Lipinski definition) is 1. The summed E-state index contributed by atoms with van der Waals surface area (Å²) in [6.07, 6.45) is 7.98. The summed E-state index contributed by atoms with van der Waals surface area (Å²) in [5, 5.41) is 4.36. The molecule has 1 aromatic rings. The monoisotopic (exact) mass is 251 g/mol. The molecule has 2 nitrogen and oxygen atoms in total. The molecule has 2 atom stereocenters. The molecule has 1 saturated carbocycles. The summed E-state index contributed by atoms with van der Waals surface area (Å²) >= 11 is 6.00.